The molecule has 0 fully saturated rings. The lowest BCUT2D eigenvalue weighted by atomic mass is 10.1. The first-order valence-electron chi connectivity index (χ1n) is 7.00. The van der Waals surface area contributed by atoms with Crippen molar-refractivity contribution in [2.24, 2.45) is 7.05 Å². The van der Waals surface area contributed by atoms with E-state index in [1.807, 2.05) is 34.8 Å². The van der Waals surface area contributed by atoms with Crippen LogP contribution in [0, 0.1) is 0 Å². The summed E-state index contributed by atoms with van der Waals surface area (Å²) in [6, 6.07) is 1.90. The zero-order chi connectivity index (χ0) is 14.8. The molecule has 1 aliphatic heterocycles. The first-order chi connectivity index (χ1) is 10.2. The Morgan fingerprint density at radius 2 is 2.43 bits per heavy atom. The highest BCUT2D eigenvalue weighted by molar-refractivity contribution is 5.94. The predicted molar refractivity (Wildman–Crippen MR) is 75.7 cm³/mol. The normalized spacial score (nSPS) is 17.5. The highest BCUT2D eigenvalue weighted by Gasteiger charge is 2.23. The maximum absolute atomic E-state index is 12.2. The molecule has 3 rings (SSSR count). The number of aryl methyl sites for hydroxylation is 2. The Hall–Kier alpha value is -2.15. The lowest BCUT2D eigenvalue weighted by molar-refractivity contribution is 0.0926. The number of rotatable bonds is 4. The molecule has 1 unspecified atom stereocenters. The molecule has 21 heavy (non-hydrogen) atoms. The van der Waals surface area contributed by atoms with Gasteiger partial charge in [0, 0.05) is 39.0 Å². The van der Waals surface area contributed by atoms with Gasteiger partial charge in [0.15, 0.2) is 5.82 Å². The Labute approximate surface area is 122 Å². The van der Waals surface area contributed by atoms with E-state index in [1.54, 1.807) is 7.11 Å². The van der Waals surface area contributed by atoms with E-state index in [0.29, 0.717) is 24.5 Å². The third-order valence-corrected chi connectivity index (χ3v) is 3.60. The summed E-state index contributed by atoms with van der Waals surface area (Å²) in [5.74, 6) is 1.62. The van der Waals surface area contributed by atoms with Gasteiger partial charge in [-0.25, -0.2) is 9.67 Å². The van der Waals surface area contributed by atoms with Crippen molar-refractivity contribution in [1.29, 1.82) is 0 Å². The van der Waals surface area contributed by atoms with Crippen LogP contribution >= 0.6 is 0 Å². The molecule has 0 aromatic carbocycles. The van der Waals surface area contributed by atoms with Crippen LogP contribution in [0.4, 0.5) is 0 Å². The highest BCUT2D eigenvalue weighted by Crippen LogP contribution is 2.14. The average Bonchev–Trinajstić information content (AvgIpc) is 3.04. The molecule has 1 atom stereocenters. The maximum Gasteiger partial charge on any atom is 0.253 e. The summed E-state index contributed by atoms with van der Waals surface area (Å²) >= 11 is 0. The van der Waals surface area contributed by atoms with Crippen LogP contribution < -0.4 is 5.32 Å². The lowest BCUT2D eigenvalue weighted by Crippen LogP contribution is -2.41. The fourth-order valence-corrected chi connectivity index (χ4v) is 2.58. The van der Waals surface area contributed by atoms with Crippen LogP contribution in [0.25, 0.3) is 0 Å². The molecule has 0 spiro atoms. The van der Waals surface area contributed by atoms with E-state index < -0.39 is 0 Å². The van der Waals surface area contributed by atoms with E-state index >= 15 is 0 Å². The Morgan fingerprint density at radius 3 is 3.14 bits per heavy atom. The molecule has 1 amide bonds. The number of nitrogens with zero attached hydrogens (tertiary/aromatic N) is 4. The van der Waals surface area contributed by atoms with Gasteiger partial charge in [0.2, 0.25) is 0 Å². The van der Waals surface area contributed by atoms with Crippen LogP contribution in [0.2, 0.25) is 0 Å². The summed E-state index contributed by atoms with van der Waals surface area (Å²) in [6.07, 6.45) is 5.37. The first-order valence-corrected chi connectivity index (χ1v) is 7.00. The van der Waals surface area contributed by atoms with Crippen molar-refractivity contribution in [2.75, 3.05) is 7.11 Å². The number of methoxy groups -OCH3 is 1. The highest BCUT2D eigenvalue weighted by atomic mass is 16.5. The standard InChI is InChI=1S/C14H19N5O2/c1-18-6-5-10(7-18)14(20)15-11-3-4-13-16-12(9-21-2)17-19(13)8-11/h5-7,11H,3-4,8-9H2,1-2H3,(H,15,20). The van der Waals surface area contributed by atoms with Gasteiger partial charge < -0.3 is 14.6 Å². The number of carbonyl (C=O) groups excluding carboxylic acids is 1. The van der Waals surface area contributed by atoms with Crippen LogP contribution in [0.3, 0.4) is 0 Å². The topological polar surface area (TPSA) is 74.0 Å². The molecule has 0 bridgehead atoms. The van der Waals surface area contributed by atoms with Crippen molar-refractivity contribution in [3.63, 3.8) is 0 Å². The van der Waals surface area contributed by atoms with Crippen molar-refractivity contribution < 1.29 is 9.53 Å². The van der Waals surface area contributed by atoms with E-state index in [-0.39, 0.29) is 11.9 Å². The summed E-state index contributed by atoms with van der Waals surface area (Å²) in [5, 5.41) is 7.46. The molecule has 0 radical (unpaired) electrons. The zero-order valence-corrected chi connectivity index (χ0v) is 12.2. The molecule has 2 aromatic heterocycles. The van der Waals surface area contributed by atoms with Gasteiger partial charge in [0.25, 0.3) is 5.91 Å². The number of carbonyl (C=O) groups is 1. The second-order valence-electron chi connectivity index (χ2n) is 5.33. The molecule has 2 aromatic rings. The number of nitrogens with one attached hydrogen (secondary N) is 1. The van der Waals surface area contributed by atoms with Gasteiger partial charge in [0.05, 0.1) is 12.1 Å². The van der Waals surface area contributed by atoms with E-state index in [0.717, 1.165) is 18.7 Å². The predicted octanol–water partition coefficient (Wildman–Crippen LogP) is 0.508. The SMILES string of the molecule is COCc1nc2n(n1)CC(NC(=O)c1ccn(C)c1)CC2. The van der Waals surface area contributed by atoms with Crippen LogP contribution in [0.5, 0.6) is 0 Å². The molecule has 3 heterocycles. The molecule has 7 heteroatoms. The zero-order valence-electron chi connectivity index (χ0n) is 12.2. The molecular formula is C14H19N5O2. The average molecular weight is 289 g/mol. The van der Waals surface area contributed by atoms with E-state index in [1.165, 1.54) is 0 Å². The summed E-state index contributed by atoms with van der Waals surface area (Å²) < 4.78 is 8.78. The second-order valence-corrected chi connectivity index (χ2v) is 5.33. The van der Waals surface area contributed by atoms with Gasteiger partial charge >= 0.3 is 0 Å². The number of amides is 1. The number of ether oxygens (including phenoxy) is 1. The number of hydrogen-bond acceptors (Lipinski definition) is 4. The van der Waals surface area contributed by atoms with Crippen LogP contribution in [0.15, 0.2) is 18.5 Å². The van der Waals surface area contributed by atoms with Crippen molar-refractivity contribution in [2.45, 2.75) is 32.0 Å². The monoisotopic (exact) mass is 289 g/mol. The Bertz CT molecular complexity index is 646. The molecule has 1 aliphatic rings. The van der Waals surface area contributed by atoms with Gasteiger partial charge in [-0.15, -0.1) is 0 Å². The minimum atomic E-state index is -0.0405. The molecule has 112 valence electrons. The maximum atomic E-state index is 12.2. The number of fused-ring (bicyclic) bond motifs is 1. The smallest absolute Gasteiger partial charge is 0.253 e. The molecule has 0 saturated heterocycles. The van der Waals surface area contributed by atoms with Gasteiger partial charge in [-0.1, -0.05) is 0 Å². The largest absolute Gasteiger partial charge is 0.377 e. The minimum Gasteiger partial charge on any atom is -0.377 e. The summed E-state index contributed by atoms with van der Waals surface area (Å²) in [7, 11) is 3.53. The Morgan fingerprint density at radius 1 is 1.57 bits per heavy atom. The van der Waals surface area contributed by atoms with Gasteiger partial charge in [-0.2, -0.15) is 5.10 Å². The molecule has 0 aliphatic carbocycles. The lowest BCUT2D eigenvalue weighted by Gasteiger charge is -2.23. The van der Waals surface area contributed by atoms with Crippen LogP contribution in [-0.4, -0.2) is 38.4 Å². The fourth-order valence-electron chi connectivity index (χ4n) is 2.58. The summed E-state index contributed by atoms with van der Waals surface area (Å²) in [4.78, 5) is 16.6. The quantitative estimate of drug-likeness (QED) is 0.890. The van der Waals surface area contributed by atoms with Crippen molar-refractivity contribution in [1.82, 2.24) is 24.6 Å². The number of aromatic nitrogens is 4. The first kappa shape index (κ1) is 13.8. The summed E-state index contributed by atoms with van der Waals surface area (Å²) in [6.45, 7) is 1.08. The van der Waals surface area contributed by atoms with E-state index in [4.69, 9.17) is 4.74 Å². The Kier molecular flexibility index (Phi) is 3.74. The molecule has 1 N–H and O–H groups in total. The second kappa shape index (κ2) is 5.69. The van der Waals surface area contributed by atoms with Crippen molar-refractivity contribution in [3.05, 3.63) is 35.7 Å². The van der Waals surface area contributed by atoms with Crippen LogP contribution in [0.1, 0.15) is 28.4 Å². The van der Waals surface area contributed by atoms with Gasteiger partial charge in [-0.3, -0.25) is 4.79 Å². The molecule has 7 nitrogen and oxygen atoms in total. The number of hydrogen-bond donors (Lipinski definition) is 1. The van der Waals surface area contributed by atoms with E-state index in [9.17, 15) is 4.79 Å². The fraction of sp³-hybridized carbons (Fsp3) is 0.500. The third-order valence-electron chi connectivity index (χ3n) is 3.60. The van der Waals surface area contributed by atoms with E-state index in [2.05, 4.69) is 15.4 Å². The molecule has 0 saturated carbocycles. The van der Waals surface area contributed by atoms with Crippen molar-refractivity contribution in [3.8, 4) is 0 Å². The van der Waals surface area contributed by atoms with Gasteiger partial charge in [0.1, 0.15) is 12.4 Å². The van der Waals surface area contributed by atoms with Gasteiger partial charge in [-0.05, 0) is 12.5 Å². The minimum absolute atomic E-state index is 0.0405. The summed E-state index contributed by atoms with van der Waals surface area (Å²) in [5.41, 5.74) is 0.682. The molecular weight excluding hydrogens is 270 g/mol. The van der Waals surface area contributed by atoms with Crippen molar-refractivity contribution >= 4 is 5.91 Å². The van der Waals surface area contributed by atoms with Crippen LogP contribution in [-0.2, 0) is 31.4 Å². The Balaban J connectivity index is 1.64. The third kappa shape index (κ3) is 2.97.